The van der Waals surface area contributed by atoms with Crippen LogP contribution in [0.3, 0.4) is 0 Å². The highest BCUT2D eigenvalue weighted by Crippen LogP contribution is 2.41. The fourth-order valence-electron chi connectivity index (χ4n) is 2.99. The number of hydrogen-bond donors (Lipinski definition) is 1. The molecule has 2 nitrogen and oxygen atoms in total. The molecule has 2 aliphatic carbocycles. The normalized spacial score (nSPS) is 21.6. The van der Waals surface area contributed by atoms with Crippen LogP contribution in [0.1, 0.15) is 30.4 Å². The molecule has 1 unspecified atom stereocenters. The van der Waals surface area contributed by atoms with Crippen molar-refractivity contribution in [1.29, 1.82) is 0 Å². The average Bonchev–Trinajstić information content (AvgIpc) is 2.68. The molecule has 0 amide bonds. The molecule has 0 aliphatic heterocycles. The highest BCUT2D eigenvalue weighted by Gasteiger charge is 2.30. The summed E-state index contributed by atoms with van der Waals surface area (Å²) in [5.41, 5.74) is 10.3. The molecule has 0 bridgehead atoms. The van der Waals surface area contributed by atoms with Gasteiger partial charge in [0.15, 0.2) is 0 Å². The van der Waals surface area contributed by atoms with E-state index in [2.05, 4.69) is 23.9 Å². The zero-order valence-corrected chi connectivity index (χ0v) is 10.9. The molecule has 92 valence electrons. The van der Waals surface area contributed by atoms with Crippen LogP contribution in [0.15, 0.2) is 23.8 Å². The second-order valence-electron chi connectivity index (χ2n) is 4.79. The Bertz CT molecular complexity index is 467. The molecule has 0 spiro atoms. The van der Waals surface area contributed by atoms with Crippen LogP contribution in [0.4, 0.5) is 0 Å². The van der Waals surface area contributed by atoms with Gasteiger partial charge in [-0.2, -0.15) is 0 Å². The molecule has 0 heterocycles. The summed E-state index contributed by atoms with van der Waals surface area (Å²) >= 11 is 0. The van der Waals surface area contributed by atoms with E-state index in [1.165, 1.54) is 30.4 Å². The van der Waals surface area contributed by atoms with Crippen molar-refractivity contribution in [3.8, 4) is 5.75 Å². The SMILES string of the molecule is COc1ccc2c(c1)C1=C(C2)C([NH3+])CCC1.[Cl-]. The summed E-state index contributed by atoms with van der Waals surface area (Å²) in [4.78, 5) is 0. The molecule has 0 saturated carbocycles. The number of allylic oxidation sites excluding steroid dienone is 1. The molecule has 0 fully saturated rings. The highest BCUT2D eigenvalue weighted by atomic mass is 35.5. The van der Waals surface area contributed by atoms with Gasteiger partial charge in [0.25, 0.3) is 0 Å². The maximum Gasteiger partial charge on any atom is 0.119 e. The summed E-state index contributed by atoms with van der Waals surface area (Å²) in [7, 11) is 1.73. The van der Waals surface area contributed by atoms with Crippen LogP contribution >= 0.6 is 0 Å². The number of benzene rings is 1. The first-order valence-electron chi connectivity index (χ1n) is 6.02. The topological polar surface area (TPSA) is 36.9 Å². The van der Waals surface area contributed by atoms with Crippen molar-refractivity contribution in [1.82, 2.24) is 0 Å². The lowest BCUT2D eigenvalue weighted by Gasteiger charge is -2.18. The van der Waals surface area contributed by atoms with Gasteiger partial charge in [0.2, 0.25) is 0 Å². The van der Waals surface area contributed by atoms with E-state index >= 15 is 0 Å². The predicted octanol–water partition coefficient (Wildman–Crippen LogP) is -1.20. The number of quaternary nitrogens is 1. The van der Waals surface area contributed by atoms with Crippen molar-refractivity contribution in [2.45, 2.75) is 31.7 Å². The van der Waals surface area contributed by atoms with Crippen molar-refractivity contribution in [2.24, 2.45) is 0 Å². The number of halogens is 1. The van der Waals surface area contributed by atoms with Crippen LogP contribution in [-0.4, -0.2) is 13.2 Å². The summed E-state index contributed by atoms with van der Waals surface area (Å²) in [6, 6.07) is 6.99. The third-order valence-corrected chi connectivity index (χ3v) is 3.88. The first-order chi connectivity index (χ1) is 7.79. The third-order valence-electron chi connectivity index (χ3n) is 3.88. The van der Waals surface area contributed by atoms with Gasteiger partial charge in [0.05, 0.1) is 7.11 Å². The standard InChI is InChI=1S/C14H17NO.ClH/c1-16-10-6-5-9-7-13-11(12(9)8-10)3-2-4-14(13)15;/h5-6,8,14H,2-4,7,15H2,1H3;1H. The molecular weight excluding hydrogens is 234 g/mol. The smallest absolute Gasteiger partial charge is 0.119 e. The van der Waals surface area contributed by atoms with E-state index in [1.54, 1.807) is 18.3 Å². The molecule has 3 heteroatoms. The van der Waals surface area contributed by atoms with Crippen molar-refractivity contribution < 1.29 is 22.9 Å². The molecule has 17 heavy (non-hydrogen) atoms. The maximum atomic E-state index is 5.31. The molecular formula is C14H18ClNO. The largest absolute Gasteiger partial charge is 1.00 e. The molecule has 0 saturated heterocycles. The minimum absolute atomic E-state index is 0. The van der Waals surface area contributed by atoms with Crippen LogP contribution in [0.25, 0.3) is 5.57 Å². The van der Waals surface area contributed by atoms with E-state index in [9.17, 15) is 0 Å². The number of hydrogen-bond acceptors (Lipinski definition) is 1. The van der Waals surface area contributed by atoms with Gasteiger partial charge in [-0.1, -0.05) is 6.07 Å². The molecule has 3 rings (SSSR count). The quantitative estimate of drug-likeness (QED) is 0.669. The van der Waals surface area contributed by atoms with Crippen molar-refractivity contribution in [2.75, 3.05) is 7.11 Å². The van der Waals surface area contributed by atoms with E-state index < -0.39 is 0 Å². The van der Waals surface area contributed by atoms with Crippen molar-refractivity contribution in [3.63, 3.8) is 0 Å². The van der Waals surface area contributed by atoms with Gasteiger partial charge in [-0.3, -0.25) is 0 Å². The fraction of sp³-hybridized carbons (Fsp3) is 0.429. The highest BCUT2D eigenvalue weighted by molar-refractivity contribution is 5.78. The first kappa shape index (κ1) is 12.5. The Kier molecular flexibility index (Phi) is 3.45. The van der Waals surface area contributed by atoms with Gasteiger partial charge in [-0.15, -0.1) is 0 Å². The summed E-state index contributed by atoms with van der Waals surface area (Å²) in [5.74, 6) is 0.971. The Morgan fingerprint density at radius 2 is 2.18 bits per heavy atom. The lowest BCUT2D eigenvalue weighted by Crippen LogP contribution is -3.00. The molecule has 2 aliphatic rings. The Morgan fingerprint density at radius 1 is 1.35 bits per heavy atom. The Balaban J connectivity index is 0.00000108. The summed E-state index contributed by atoms with van der Waals surface area (Å²) in [6.45, 7) is 0. The van der Waals surface area contributed by atoms with Gasteiger partial charge in [-0.05, 0) is 47.2 Å². The third kappa shape index (κ3) is 1.96. The molecule has 0 aromatic heterocycles. The maximum absolute atomic E-state index is 5.31. The van der Waals surface area contributed by atoms with Crippen molar-refractivity contribution >= 4 is 5.57 Å². The average molecular weight is 252 g/mol. The summed E-state index contributed by atoms with van der Waals surface area (Å²) in [6.07, 6.45) is 4.87. The molecule has 1 aromatic carbocycles. The van der Waals surface area contributed by atoms with E-state index in [1.807, 2.05) is 0 Å². The number of ether oxygens (including phenoxy) is 1. The van der Waals surface area contributed by atoms with E-state index in [-0.39, 0.29) is 12.4 Å². The zero-order valence-electron chi connectivity index (χ0n) is 10.1. The van der Waals surface area contributed by atoms with Crippen LogP contribution in [0.5, 0.6) is 5.75 Å². The monoisotopic (exact) mass is 251 g/mol. The predicted molar refractivity (Wildman–Crippen MR) is 64.1 cm³/mol. The molecule has 3 N–H and O–H groups in total. The Labute approximate surface area is 108 Å². The van der Waals surface area contributed by atoms with Gasteiger partial charge in [-0.25, -0.2) is 0 Å². The van der Waals surface area contributed by atoms with Crippen LogP contribution in [0, 0.1) is 0 Å². The molecule has 0 radical (unpaired) electrons. The van der Waals surface area contributed by atoms with E-state index in [4.69, 9.17) is 4.74 Å². The first-order valence-corrected chi connectivity index (χ1v) is 6.02. The van der Waals surface area contributed by atoms with E-state index in [0.717, 1.165) is 12.2 Å². The van der Waals surface area contributed by atoms with Gasteiger partial charge in [0.1, 0.15) is 11.8 Å². The fourth-order valence-corrected chi connectivity index (χ4v) is 2.99. The number of rotatable bonds is 1. The van der Waals surface area contributed by atoms with Crippen LogP contribution < -0.4 is 22.9 Å². The summed E-state index contributed by atoms with van der Waals surface area (Å²) in [5, 5.41) is 0. The zero-order chi connectivity index (χ0) is 11.1. The number of fused-ring (bicyclic) bond motifs is 2. The van der Waals surface area contributed by atoms with Gasteiger partial charge >= 0.3 is 0 Å². The van der Waals surface area contributed by atoms with Crippen LogP contribution in [-0.2, 0) is 6.42 Å². The minimum atomic E-state index is 0. The van der Waals surface area contributed by atoms with Gasteiger partial charge in [0, 0.05) is 12.8 Å². The second-order valence-corrected chi connectivity index (χ2v) is 4.79. The molecule has 1 atom stereocenters. The lowest BCUT2D eigenvalue weighted by molar-refractivity contribution is -0.409. The van der Waals surface area contributed by atoms with E-state index in [0.29, 0.717) is 6.04 Å². The van der Waals surface area contributed by atoms with Gasteiger partial charge < -0.3 is 22.9 Å². The Hall–Kier alpha value is -0.990. The molecule has 1 aromatic rings. The lowest BCUT2D eigenvalue weighted by atomic mass is 9.88. The van der Waals surface area contributed by atoms with Crippen molar-refractivity contribution in [3.05, 3.63) is 34.9 Å². The second kappa shape index (κ2) is 4.71. The van der Waals surface area contributed by atoms with Crippen LogP contribution in [0.2, 0.25) is 0 Å². The minimum Gasteiger partial charge on any atom is -1.00 e. The summed E-state index contributed by atoms with van der Waals surface area (Å²) < 4.78 is 5.31. The Morgan fingerprint density at radius 3 is 2.94 bits per heavy atom. The number of methoxy groups -OCH3 is 1.